The highest BCUT2D eigenvalue weighted by Crippen LogP contribution is 2.26. The maximum absolute atomic E-state index is 12.3. The fourth-order valence-corrected chi connectivity index (χ4v) is 3.29. The van der Waals surface area contributed by atoms with Gasteiger partial charge in [-0.2, -0.15) is 0 Å². The lowest BCUT2D eigenvalue weighted by Gasteiger charge is -2.09. The zero-order valence-corrected chi connectivity index (χ0v) is 11.4. The van der Waals surface area contributed by atoms with Gasteiger partial charge in [0, 0.05) is 6.07 Å². The first-order valence-electron chi connectivity index (χ1n) is 5.73. The van der Waals surface area contributed by atoms with E-state index in [9.17, 15) is 8.42 Å². The van der Waals surface area contributed by atoms with Crippen LogP contribution < -0.4 is 10.5 Å². The minimum absolute atomic E-state index is 0.0651. The number of sulfone groups is 1. The molecule has 0 atom stereocenters. The molecule has 0 aliphatic heterocycles. The van der Waals surface area contributed by atoms with Gasteiger partial charge >= 0.3 is 0 Å². The number of benzene rings is 2. The van der Waals surface area contributed by atoms with Crippen LogP contribution in [0.1, 0.15) is 5.56 Å². The van der Waals surface area contributed by atoms with E-state index in [-0.39, 0.29) is 16.3 Å². The van der Waals surface area contributed by atoms with Gasteiger partial charge in [0.2, 0.25) is 0 Å². The Morgan fingerprint density at radius 1 is 1.11 bits per heavy atom. The molecule has 19 heavy (non-hydrogen) atoms. The third-order valence-electron chi connectivity index (χ3n) is 2.75. The molecule has 0 radical (unpaired) electrons. The first kappa shape index (κ1) is 13.4. The van der Waals surface area contributed by atoms with Crippen molar-refractivity contribution in [1.82, 2.24) is 0 Å². The average molecular weight is 277 g/mol. The molecule has 2 aromatic rings. The third kappa shape index (κ3) is 3.06. The normalized spacial score (nSPS) is 11.2. The Morgan fingerprint density at radius 2 is 1.79 bits per heavy atom. The van der Waals surface area contributed by atoms with Crippen molar-refractivity contribution in [3.63, 3.8) is 0 Å². The van der Waals surface area contributed by atoms with Gasteiger partial charge in [-0.3, -0.25) is 0 Å². The second kappa shape index (κ2) is 5.32. The highest BCUT2D eigenvalue weighted by Gasteiger charge is 2.18. The molecule has 0 spiro atoms. The molecule has 2 N–H and O–H groups in total. The number of nitrogen functional groups attached to an aromatic ring is 1. The fourth-order valence-electron chi connectivity index (χ4n) is 1.81. The molecule has 0 bridgehead atoms. The first-order valence-corrected chi connectivity index (χ1v) is 7.38. The van der Waals surface area contributed by atoms with Gasteiger partial charge in [0.25, 0.3) is 0 Å². The van der Waals surface area contributed by atoms with Gasteiger partial charge in [0.05, 0.1) is 23.4 Å². The molecule has 0 aliphatic carbocycles. The zero-order valence-electron chi connectivity index (χ0n) is 10.5. The van der Waals surface area contributed by atoms with Crippen molar-refractivity contribution in [3.05, 3.63) is 54.1 Å². The maximum atomic E-state index is 12.3. The van der Waals surface area contributed by atoms with Crippen LogP contribution in [0.5, 0.6) is 5.75 Å². The predicted molar refractivity (Wildman–Crippen MR) is 74.7 cm³/mol. The molecular weight excluding hydrogens is 262 g/mol. The van der Waals surface area contributed by atoms with E-state index in [1.807, 2.05) is 18.2 Å². The monoisotopic (exact) mass is 277 g/mol. The Labute approximate surface area is 112 Å². The van der Waals surface area contributed by atoms with Gasteiger partial charge < -0.3 is 10.5 Å². The SMILES string of the molecule is COc1ccc(S(=O)(=O)Cc2ccccc2)c(N)c1. The maximum Gasteiger partial charge on any atom is 0.184 e. The summed E-state index contributed by atoms with van der Waals surface area (Å²) in [6.45, 7) is 0. The van der Waals surface area contributed by atoms with Gasteiger partial charge in [-0.25, -0.2) is 8.42 Å². The lowest BCUT2D eigenvalue weighted by Crippen LogP contribution is -2.08. The molecule has 0 saturated heterocycles. The Balaban J connectivity index is 2.35. The number of anilines is 1. The van der Waals surface area contributed by atoms with E-state index in [4.69, 9.17) is 10.5 Å². The van der Waals surface area contributed by atoms with Crippen molar-refractivity contribution in [2.24, 2.45) is 0 Å². The number of methoxy groups -OCH3 is 1. The Hall–Kier alpha value is -2.01. The molecule has 0 aliphatic rings. The molecule has 2 aromatic carbocycles. The summed E-state index contributed by atoms with van der Waals surface area (Å²) in [7, 11) is -1.94. The molecule has 0 amide bonds. The van der Waals surface area contributed by atoms with Crippen LogP contribution in [0.2, 0.25) is 0 Å². The minimum atomic E-state index is -3.45. The molecule has 0 saturated carbocycles. The zero-order chi connectivity index (χ0) is 13.9. The summed E-state index contributed by atoms with van der Waals surface area (Å²) in [5, 5.41) is 0. The highest BCUT2D eigenvalue weighted by molar-refractivity contribution is 7.90. The van der Waals surface area contributed by atoms with E-state index in [0.29, 0.717) is 5.75 Å². The number of nitrogens with two attached hydrogens (primary N) is 1. The van der Waals surface area contributed by atoms with E-state index < -0.39 is 9.84 Å². The van der Waals surface area contributed by atoms with Crippen molar-refractivity contribution in [1.29, 1.82) is 0 Å². The summed E-state index contributed by atoms with van der Waals surface area (Å²) in [6.07, 6.45) is 0. The van der Waals surface area contributed by atoms with Gasteiger partial charge in [-0.15, -0.1) is 0 Å². The van der Waals surface area contributed by atoms with Crippen molar-refractivity contribution < 1.29 is 13.2 Å². The second-order valence-electron chi connectivity index (χ2n) is 4.15. The van der Waals surface area contributed by atoms with E-state index >= 15 is 0 Å². The van der Waals surface area contributed by atoms with Crippen LogP contribution in [0, 0.1) is 0 Å². The van der Waals surface area contributed by atoms with Crippen LogP contribution >= 0.6 is 0 Å². The van der Waals surface area contributed by atoms with Crippen LogP contribution in [-0.2, 0) is 15.6 Å². The van der Waals surface area contributed by atoms with E-state index in [1.54, 1.807) is 18.2 Å². The lowest BCUT2D eigenvalue weighted by atomic mass is 10.2. The standard InChI is InChI=1S/C14H15NO3S/c1-18-12-7-8-14(13(15)9-12)19(16,17)10-11-5-3-2-4-6-11/h2-9H,10,15H2,1H3. The largest absolute Gasteiger partial charge is 0.497 e. The molecule has 100 valence electrons. The van der Waals surface area contributed by atoms with Crippen molar-refractivity contribution in [3.8, 4) is 5.75 Å². The second-order valence-corrected chi connectivity index (χ2v) is 6.11. The van der Waals surface area contributed by atoms with Crippen LogP contribution in [0.4, 0.5) is 5.69 Å². The summed E-state index contributed by atoms with van der Waals surface area (Å²) in [5.41, 5.74) is 6.72. The Morgan fingerprint density at radius 3 is 2.37 bits per heavy atom. The number of rotatable bonds is 4. The molecule has 2 rings (SSSR count). The molecule has 0 heterocycles. The number of hydrogen-bond donors (Lipinski definition) is 1. The molecule has 0 fully saturated rings. The number of hydrogen-bond acceptors (Lipinski definition) is 4. The summed E-state index contributed by atoms with van der Waals surface area (Å²) in [6, 6.07) is 13.6. The van der Waals surface area contributed by atoms with E-state index in [2.05, 4.69) is 0 Å². The van der Waals surface area contributed by atoms with Crippen LogP contribution in [0.3, 0.4) is 0 Å². The fraction of sp³-hybridized carbons (Fsp3) is 0.143. The molecule has 0 unspecified atom stereocenters. The van der Waals surface area contributed by atoms with Gasteiger partial charge in [-0.1, -0.05) is 30.3 Å². The summed E-state index contributed by atoms with van der Waals surface area (Å²) in [5.74, 6) is 0.473. The Kier molecular flexibility index (Phi) is 3.76. The van der Waals surface area contributed by atoms with Crippen molar-refractivity contribution in [2.45, 2.75) is 10.6 Å². The Bertz CT molecular complexity index is 666. The molecule has 5 heteroatoms. The molecule has 4 nitrogen and oxygen atoms in total. The topological polar surface area (TPSA) is 69.4 Å². The van der Waals surface area contributed by atoms with Crippen LogP contribution in [0.15, 0.2) is 53.4 Å². The van der Waals surface area contributed by atoms with Crippen LogP contribution in [0.25, 0.3) is 0 Å². The minimum Gasteiger partial charge on any atom is -0.497 e. The van der Waals surface area contributed by atoms with Gasteiger partial charge in [0.1, 0.15) is 5.75 Å². The van der Waals surface area contributed by atoms with E-state index in [1.165, 1.54) is 19.2 Å². The summed E-state index contributed by atoms with van der Waals surface area (Å²) < 4.78 is 29.6. The van der Waals surface area contributed by atoms with E-state index in [0.717, 1.165) is 5.56 Å². The quantitative estimate of drug-likeness (QED) is 0.870. The van der Waals surface area contributed by atoms with Crippen molar-refractivity contribution >= 4 is 15.5 Å². The van der Waals surface area contributed by atoms with Crippen molar-refractivity contribution in [2.75, 3.05) is 12.8 Å². The first-order chi connectivity index (χ1) is 9.03. The van der Waals surface area contributed by atoms with Crippen LogP contribution in [-0.4, -0.2) is 15.5 Å². The van der Waals surface area contributed by atoms with Gasteiger partial charge in [-0.05, 0) is 17.7 Å². The molecular formula is C14H15NO3S. The van der Waals surface area contributed by atoms with Gasteiger partial charge in [0.15, 0.2) is 9.84 Å². The predicted octanol–water partition coefficient (Wildman–Crippen LogP) is 2.25. The highest BCUT2D eigenvalue weighted by atomic mass is 32.2. The number of ether oxygens (including phenoxy) is 1. The smallest absolute Gasteiger partial charge is 0.184 e. The summed E-state index contributed by atoms with van der Waals surface area (Å²) >= 11 is 0. The third-order valence-corrected chi connectivity index (χ3v) is 4.51. The molecule has 0 aromatic heterocycles. The lowest BCUT2D eigenvalue weighted by molar-refractivity contribution is 0.414. The summed E-state index contributed by atoms with van der Waals surface area (Å²) in [4.78, 5) is 0.136. The average Bonchev–Trinajstić information content (AvgIpc) is 2.38.